The molecule has 0 radical (unpaired) electrons. The van der Waals surface area contributed by atoms with E-state index >= 15 is 0 Å². The molecule has 1 N–H and O–H groups in total. The van der Waals surface area contributed by atoms with Crippen molar-refractivity contribution in [3.05, 3.63) is 35.3 Å². The number of furan rings is 1. The Hall–Kier alpha value is -1.55. The maximum Gasteiger partial charge on any atom is 0.335 e. The summed E-state index contributed by atoms with van der Waals surface area (Å²) in [5, 5.41) is 9.40. The van der Waals surface area contributed by atoms with Crippen molar-refractivity contribution in [2.24, 2.45) is 5.41 Å². The van der Waals surface area contributed by atoms with Gasteiger partial charge in [-0.1, -0.05) is 6.92 Å². The van der Waals surface area contributed by atoms with E-state index in [0.29, 0.717) is 5.57 Å². The van der Waals surface area contributed by atoms with Crippen LogP contribution < -0.4 is 0 Å². The zero-order valence-electron chi connectivity index (χ0n) is 10.3. The van der Waals surface area contributed by atoms with Gasteiger partial charge in [-0.3, -0.25) is 0 Å². The second kappa shape index (κ2) is 3.99. The molecule has 4 nitrogen and oxygen atoms in total. The summed E-state index contributed by atoms with van der Waals surface area (Å²) in [5.74, 6) is -0.285. The highest BCUT2D eigenvalue weighted by molar-refractivity contribution is 5.94. The lowest BCUT2D eigenvalue weighted by Gasteiger charge is -2.33. The van der Waals surface area contributed by atoms with Gasteiger partial charge in [0.25, 0.3) is 0 Å². The summed E-state index contributed by atoms with van der Waals surface area (Å²) < 4.78 is 10.6. The van der Waals surface area contributed by atoms with Crippen LogP contribution in [0.5, 0.6) is 0 Å². The van der Waals surface area contributed by atoms with Crippen LogP contribution in [-0.4, -0.2) is 17.7 Å². The maximum atomic E-state index is 12.1. The minimum absolute atomic E-state index is 0.0574. The van der Waals surface area contributed by atoms with Crippen LogP contribution in [0.25, 0.3) is 0 Å². The molecule has 0 bridgehead atoms. The van der Waals surface area contributed by atoms with Gasteiger partial charge in [0.2, 0.25) is 0 Å². The van der Waals surface area contributed by atoms with Gasteiger partial charge in [-0.25, -0.2) is 4.79 Å². The first-order valence-corrected chi connectivity index (χ1v) is 6.23. The highest BCUT2D eigenvalue weighted by Gasteiger charge is 2.53. The Labute approximate surface area is 105 Å². The number of cyclic esters (lactones) is 1. The van der Waals surface area contributed by atoms with E-state index in [0.717, 1.165) is 30.4 Å². The Morgan fingerprint density at radius 3 is 3.06 bits per heavy atom. The average molecular weight is 248 g/mol. The molecule has 4 heteroatoms. The van der Waals surface area contributed by atoms with Gasteiger partial charge in [0, 0.05) is 16.6 Å². The van der Waals surface area contributed by atoms with Crippen molar-refractivity contribution in [1.29, 1.82) is 0 Å². The zero-order valence-corrected chi connectivity index (χ0v) is 10.3. The van der Waals surface area contributed by atoms with E-state index in [9.17, 15) is 9.90 Å². The van der Waals surface area contributed by atoms with E-state index in [1.807, 2.05) is 13.0 Å². The predicted molar refractivity (Wildman–Crippen MR) is 63.6 cm³/mol. The number of hydrogen-bond acceptors (Lipinski definition) is 4. The number of fused-ring (bicyclic) bond motifs is 1. The Bertz CT molecular complexity index is 500. The van der Waals surface area contributed by atoms with Crippen LogP contribution in [0.4, 0.5) is 0 Å². The van der Waals surface area contributed by atoms with Crippen LogP contribution in [0, 0.1) is 5.41 Å². The molecule has 0 spiro atoms. The lowest BCUT2D eigenvalue weighted by Crippen LogP contribution is -2.27. The lowest BCUT2D eigenvalue weighted by molar-refractivity contribution is -0.140. The van der Waals surface area contributed by atoms with Crippen molar-refractivity contribution < 1.29 is 19.1 Å². The number of esters is 1. The van der Waals surface area contributed by atoms with E-state index in [2.05, 4.69) is 0 Å². The molecule has 1 aliphatic carbocycles. The largest absolute Gasteiger partial charge is 0.472 e. The summed E-state index contributed by atoms with van der Waals surface area (Å²) >= 11 is 0. The monoisotopic (exact) mass is 248 g/mol. The zero-order chi connectivity index (χ0) is 12.8. The van der Waals surface area contributed by atoms with Crippen molar-refractivity contribution in [3.8, 4) is 0 Å². The number of rotatable bonds is 2. The van der Waals surface area contributed by atoms with E-state index in [1.54, 1.807) is 12.5 Å². The minimum Gasteiger partial charge on any atom is -0.472 e. The number of carbonyl (C=O) groups excluding carboxylic acids is 1. The molecule has 1 saturated heterocycles. The number of carbonyl (C=O) groups is 1. The molecule has 2 heterocycles. The molecule has 2 aliphatic rings. The third kappa shape index (κ3) is 1.45. The summed E-state index contributed by atoms with van der Waals surface area (Å²) in [4.78, 5) is 12.1. The standard InChI is InChI=1S/C14H16O4/c1-14-5-2-3-9(7-15)11(14)13(16)18-12(14)10-4-6-17-8-10/h4,6,8,12,15H,2-3,5,7H2,1H3/t12-,14+/m0/s1. The van der Waals surface area contributed by atoms with Crippen LogP contribution in [0.2, 0.25) is 0 Å². The van der Waals surface area contributed by atoms with Gasteiger partial charge in [-0.2, -0.15) is 0 Å². The smallest absolute Gasteiger partial charge is 0.335 e. The second-order valence-electron chi connectivity index (χ2n) is 5.25. The molecule has 3 rings (SSSR count). The Morgan fingerprint density at radius 1 is 1.56 bits per heavy atom. The van der Waals surface area contributed by atoms with Crippen LogP contribution in [0.3, 0.4) is 0 Å². The van der Waals surface area contributed by atoms with Gasteiger partial charge in [0.1, 0.15) is 6.10 Å². The maximum absolute atomic E-state index is 12.1. The third-order valence-electron chi connectivity index (χ3n) is 4.14. The molecule has 18 heavy (non-hydrogen) atoms. The van der Waals surface area contributed by atoms with Crippen molar-refractivity contribution in [2.45, 2.75) is 32.3 Å². The molecular formula is C14H16O4. The van der Waals surface area contributed by atoms with Gasteiger partial charge < -0.3 is 14.3 Å². The summed E-state index contributed by atoms with van der Waals surface area (Å²) in [6.07, 6.45) is 5.58. The first-order valence-electron chi connectivity index (χ1n) is 6.23. The molecule has 1 fully saturated rings. The highest BCUT2D eigenvalue weighted by Crippen LogP contribution is 2.55. The lowest BCUT2D eigenvalue weighted by atomic mass is 9.68. The van der Waals surface area contributed by atoms with Crippen molar-refractivity contribution in [3.63, 3.8) is 0 Å². The molecule has 0 unspecified atom stereocenters. The quantitative estimate of drug-likeness (QED) is 0.816. The molecule has 0 aromatic carbocycles. The van der Waals surface area contributed by atoms with E-state index in [-0.39, 0.29) is 24.1 Å². The Morgan fingerprint density at radius 2 is 2.39 bits per heavy atom. The summed E-state index contributed by atoms with van der Waals surface area (Å²) in [5.41, 5.74) is 2.07. The van der Waals surface area contributed by atoms with Gasteiger partial charge in [-0.15, -0.1) is 0 Å². The molecule has 2 atom stereocenters. The van der Waals surface area contributed by atoms with Gasteiger partial charge in [0.15, 0.2) is 0 Å². The summed E-state index contributed by atoms with van der Waals surface area (Å²) in [7, 11) is 0. The molecule has 1 aliphatic heterocycles. The van der Waals surface area contributed by atoms with Gasteiger partial charge >= 0.3 is 5.97 Å². The molecule has 1 aromatic heterocycles. The van der Waals surface area contributed by atoms with Crippen LogP contribution in [-0.2, 0) is 9.53 Å². The minimum atomic E-state index is -0.336. The van der Waals surface area contributed by atoms with E-state index < -0.39 is 0 Å². The van der Waals surface area contributed by atoms with Crippen molar-refractivity contribution >= 4 is 5.97 Å². The van der Waals surface area contributed by atoms with Crippen molar-refractivity contribution in [1.82, 2.24) is 0 Å². The number of aliphatic hydroxyl groups is 1. The first kappa shape index (κ1) is 11.5. The fourth-order valence-electron chi connectivity index (χ4n) is 3.28. The number of hydrogen-bond donors (Lipinski definition) is 1. The average Bonchev–Trinajstić information content (AvgIpc) is 2.95. The summed E-state index contributed by atoms with van der Waals surface area (Å²) in [6, 6.07) is 1.83. The molecule has 0 amide bonds. The fourth-order valence-corrected chi connectivity index (χ4v) is 3.28. The normalized spacial score (nSPS) is 31.4. The summed E-state index contributed by atoms with van der Waals surface area (Å²) in [6.45, 7) is 1.98. The van der Waals surface area contributed by atoms with Crippen LogP contribution in [0.15, 0.2) is 34.2 Å². The Kier molecular flexibility index (Phi) is 2.55. The Balaban J connectivity index is 2.10. The highest BCUT2D eigenvalue weighted by atomic mass is 16.6. The third-order valence-corrected chi connectivity index (χ3v) is 4.14. The van der Waals surface area contributed by atoms with Gasteiger partial charge in [0.05, 0.1) is 19.1 Å². The number of ether oxygens (including phenoxy) is 1. The SMILES string of the molecule is C[C@@]12CCCC(CO)=C1C(=O)O[C@H]2c1ccoc1. The van der Waals surface area contributed by atoms with Gasteiger partial charge in [-0.05, 0) is 30.9 Å². The predicted octanol–water partition coefficient (Wildman–Crippen LogP) is 2.36. The number of aliphatic hydroxyl groups excluding tert-OH is 1. The molecule has 1 aromatic rings. The molecular weight excluding hydrogens is 232 g/mol. The first-order chi connectivity index (χ1) is 8.66. The topological polar surface area (TPSA) is 59.7 Å². The van der Waals surface area contributed by atoms with Crippen LogP contribution in [0.1, 0.15) is 37.9 Å². The van der Waals surface area contributed by atoms with E-state index in [4.69, 9.17) is 9.15 Å². The van der Waals surface area contributed by atoms with Crippen molar-refractivity contribution in [2.75, 3.05) is 6.61 Å². The second-order valence-corrected chi connectivity index (χ2v) is 5.25. The van der Waals surface area contributed by atoms with E-state index in [1.165, 1.54) is 0 Å². The molecule has 96 valence electrons. The fraction of sp³-hybridized carbons (Fsp3) is 0.500. The van der Waals surface area contributed by atoms with Crippen LogP contribution >= 0.6 is 0 Å². The molecule has 0 saturated carbocycles.